The van der Waals surface area contributed by atoms with Gasteiger partial charge in [-0.25, -0.2) is 9.59 Å². The summed E-state index contributed by atoms with van der Waals surface area (Å²) in [7, 11) is 0. The van der Waals surface area contributed by atoms with E-state index in [4.69, 9.17) is 9.47 Å². The van der Waals surface area contributed by atoms with Crippen LogP contribution in [-0.2, 0) is 9.47 Å². The molecule has 0 spiro atoms. The number of ether oxygens (including phenoxy) is 2. The third kappa shape index (κ3) is 12.9. The average molecular weight is 497 g/mol. The van der Waals surface area contributed by atoms with Crippen LogP contribution in [-0.4, -0.2) is 46.7 Å². The molecule has 0 heterocycles. The lowest BCUT2D eigenvalue weighted by Crippen LogP contribution is -2.49. The molecule has 0 radical (unpaired) electrons. The highest BCUT2D eigenvalue weighted by Gasteiger charge is 2.32. The summed E-state index contributed by atoms with van der Waals surface area (Å²) in [6, 6.07) is -0.625. The predicted molar refractivity (Wildman–Crippen MR) is 139 cm³/mol. The normalized spacial score (nSPS) is 21.0. The van der Waals surface area contributed by atoms with Crippen LogP contribution in [0.25, 0.3) is 0 Å². The van der Waals surface area contributed by atoms with Gasteiger partial charge in [0.05, 0.1) is 12.1 Å². The summed E-state index contributed by atoms with van der Waals surface area (Å²) in [6.07, 6.45) is 12.1. The van der Waals surface area contributed by atoms with Gasteiger partial charge in [-0.05, 0) is 72.6 Å². The molecule has 3 atom stereocenters. The van der Waals surface area contributed by atoms with Gasteiger partial charge in [0.15, 0.2) is 0 Å². The van der Waals surface area contributed by atoms with E-state index in [9.17, 15) is 14.7 Å². The van der Waals surface area contributed by atoms with E-state index in [1.807, 2.05) is 41.5 Å². The number of rotatable bonds is 9. The Labute approximate surface area is 213 Å². The number of carbonyl (C=O) groups is 2. The van der Waals surface area contributed by atoms with Crippen LogP contribution in [0, 0.1) is 11.8 Å². The second-order valence-electron chi connectivity index (χ2n) is 12.9. The van der Waals surface area contributed by atoms with Gasteiger partial charge in [-0.3, -0.25) is 0 Å². The van der Waals surface area contributed by atoms with Gasteiger partial charge in [-0.2, -0.15) is 0 Å². The van der Waals surface area contributed by atoms with Crippen molar-refractivity contribution in [3.05, 3.63) is 0 Å². The van der Waals surface area contributed by atoms with E-state index in [2.05, 4.69) is 10.6 Å². The molecular weight excluding hydrogens is 444 g/mol. The number of nitrogens with one attached hydrogen (secondary N) is 2. The summed E-state index contributed by atoms with van der Waals surface area (Å²) in [5.41, 5.74) is -1.19. The van der Waals surface area contributed by atoms with Gasteiger partial charge in [0.1, 0.15) is 11.2 Å². The van der Waals surface area contributed by atoms with E-state index in [0.717, 1.165) is 38.5 Å². The minimum absolute atomic E-state index is 0.211. The quantitative estimate of drug-likeness (QED) is 0.340. The summed E-state index contributed by atoms with van der Waals surface area (Å²) in [5.74, 6) is 1.01. The first-order valence-corrected chi connectivity index (χ1v) is 14.0. The van der Waals surface area contributed by atoms with Crippen LogP contribution in [0.15, 0.2) is 0 Å². The lowest BCUT2D eigenvalue weighted by atomic mass is 9.81. The van der Waals surface area contributed by atoms with Gasteiger partial charge in [0.2, 0.25) is 0 Å². The molecule has 2 aliphatic carbocycles. The van der Waals surface area contributed by atoms with Crippen LogP contribution in [0.3, 0.4) is 0 Å². The molecule has 2 aliphatic rings. The molecular formula is C28H52N2O5. The molecule has 2 saturated carbocycles. The topological polar surface area (TPSA) is 96.9 Å². The fraction of sp³-hybridized carbons (Fsp3) is 0.929. The zero-order valence-corrected chi connectivity index (χ0v) is 23.2. The third-order valence-corrected chi connectivity index (χ3v) is 7.07. The first-order valence-electron chi connectivity index (χ1n) is 14.0. The molecule has 0 aromatic carbocycles. The Morgan fingerprint density at radius 2 is 1.17 bits per heavy atom. The molecule has 2 amide bonds. The zero-order chi connectivity index (χ0) is 26.1. The maximum atomic E-state index is 12.6. The molecule has 7 nitrogen and oxygen atoms in total. The third-order valence-electron chi connectivity index (χ3n) is 7.07. The van der Waals surface area contributed by atoms with Crippen molar-refractivity contribution in [2.75, 3.05) is 0 Å². The van der Waals surface area contributed by atoms with Crippen molar-refractivity contribution in [1.82, 2.24) is 10.6 Å². The Bertz CT molecular complexity index is 643. The minimum atomic E-state index is -0.784. The SMILES string of the molecule is CC(C)(C)OC(=O)N[C@@H](CC1CCCCC1)C[C@H](O)[C@H](CC1CCCCC1)NC(=O)OC(C)(C)C. The molecule has 0 aromatic rings. The first kappa shape index (κ1) is 29.7. The molecule has 3 N–H and O–H groups in total. The van der Waals surface area contributed by atoms with E-state index in [-0.39, 0.29) is 6.04 Å². The second kappa shape index (κ2) is 13.7. The summed E-state index contributed by atoms with van der Waals surface area (Å²) < 4.78 is 11.0. The molecule has 35 heavy (non-hydrogen) atoms. The van der Waals surface area contributed by atoms with Crippen LogP contribution in [0.1, 0.15) is 125 Å². The van der Waals surface area contributed by atoms with Gasteiger partial charge < -0.3 is 25.2 Å². The highest BCUT2D eigenvalue weighted by atomic mass is 16.6. The van der Waals surface area contributed by atoms with Crippen molar-refractivity contribution in [2.24, 2.45) is 11.8 Å². The highest BCUT2D eigenvalue weighted by molar-refractivity contribution is 5.68. The van der Waals surface area contributed by atoms with E-state index in [0.29, 0.717) is 18.3 Å². The Kier molecular flexibility index (Phi) is 11.6. The van der Waals surface area contributed by atoms with Crippen molar-refractivity contribution in [3.63, 3.8) is 0 Å². The van der Waals surface area contributed by atoms with Crippen molar-refractivity contribution in [1.29, 1.82) is 0 Å². The van der Waals surface area contributed by atoms with Crippen molar-refractivity contribution >= 4 is 12.2 Å². The van der Waals surface area contributed by atoms with Crippen molar-refractivity contribution in [2.45, 2.75) is 154 Å². The maximum Gasteiger partial charge on any atom is 0.407 e. The monoisotopic (exact) mass is 496 g/mol. The number of hydrogen-bond acceptors (Lipinski definition) is 5. The number of aliphatic hydroxyl groups is 1. The molecule has 0 saturated heterocycles. The fourth-order valence-corrected chi connectivity index (χ4v) is 5.52. The number of hydrogen-bond donors (Lipinski definition) is 3. The van der Waals surface area contributed by atoms with Gasteiger partial charge in [0, 0.05) is 6.04 Å². The van der Waals surface area contributed by atoms with Crippen molar-refractivity contribution in [3.8, 4) is 0 Å². The Morgan fingerprint density at radius 3 is 1.63 bits per heavy atom. The van der Waals surface area contributed by atoms with E-state index in [1.54, 1.807) is 0 Å². The molecule has 7 heteroatoms. The molecule has 0 aromatic heterocycles. The first-order chi connectivity index (χ1) is 16.3. The second-order valence-corrected chi connectivity index (χ2v) is 12.9. The highest BCUT2D eigenvalue weighted by Crippen LogP contribution is 2.31. The fourth-order valence-electron chi connectivity index (χ4n) is 5.52. The summed E-state index contributed by atoms with van der Waals surface area (Å²) in [5, 5.41) is 17.4. The maximum absolute atomic E-state index is 12.6. The van der Waals surface area contributed by atoms with Crippen LogP contribution in [0.4, 0.5) is 9.59 Å². The molecule has 2 rings (SSSR count). The zero-order valence-electron chi connectivity index (χ0n) is 23.2. The van der Waals surface area contributed by atoms with Gasteiger partial charge >= 0.3 is 12.2 Å². The smallest absolute Gasteiger partial charge is 0.407 e. The summed E-state index contributed by atoms with van der Waals surface area (Å²) >= 11 is 0. The Morgan fingerprint density at radius 1 is 0.743 bits per heavy atom. The van der Waals surface area contributed by atoms with Gasteiger partial charge in [0.25, 0.3) is 0 Å². The molecule has 204 valence electrons. The number of alkyl carbamates (subject to hydrolysis) is 2. The molecule has 0 unspecified atom stereocenters. The number of aliphatic hydroxyl groups excluding tert-OH is 1. The molecule has 2 fully saturated rings. The van der Waals surface area contributed by atoms with Gasteiger partial charge in [-0.15, -0.1) is 0 Å². The number of amides is 2. The minimum Gasteiger partial charge on any atom is -0.444 e. The summed E-state index contributed by atoms with van der Waals surface area (Å²) in [6.45, 7) is 11.1. The average Bonchev–Trinajstić information content (AvgIpc) is 2.72. The van der Waals surface area contributed by atoms with Crippen LogP contribution >= 0.6 is 0 Å². The lowest BCUT2D eigenvalue weighted by Gasteiger charge is -2.34. The Hall–Kier alpha value is -1.50. The van der Waals surface area contributed by atoms with Crippen LogP contribution < -0.4 is 10.6 Å². The van der Waals surface area contributed by atoms with Crippen molar-refractivity contribution < 1.29 is 24.2 Å². The van der Waals surface area contributed by atoms with Crippen LogP contribution in [0.2, 0.25) is 0 Å². The predicted octanol–water partition coefficient (Wildman–Crippen LogP) is 6.46. The van der Waals surface area contributed by atoms with E-state index < -0.39 is 35.5 Å². The van der Waals surface area contributed by atoms with Crippen LogP contribution in [0.5, 0.6) is 0 Å². The lowest BCUT2D eigenvalue weighted by molar-refractivity contribution is 0.0318. The van der Waals surface area contributed by atoms with Gasteiger partial charge in [-0.1, -0.05) is 64.2 Å². The summed E-state index contributed by atoms with van der Waals surface area (Å²) in [4.78, 5) is 25.2. The van der Waals surface area contributed by atoms with E-state index >= 15 is 0 Å². The molecule has 0 aliphatic heterocycles. The number of carbonyl (C=O) groups excluding carboxylic acids is 2. The standard InChI is InChI=1S/C28H52N2O5/c1-27(2,3)34-25(32)29-22(17-20-13-9-7-10-14-20)19-24(31)23(18-21-15-11-8-12-16-21)30-26(33)35-28(4,5)6/h20-24,31H,7-19H2,1-6H3,(H,29,32)(H,30,33)/t22-,23-,24-/m0/s1. The molecule has 0 bridgehead atoms. The largest absolute Gasteiger partial charge is 0.444 e. The Balaban J connectivity index is 2.09. The van der Waals surface area contributed by atoms with E-state index in [1.165, 1.54) is 38.5 Å².